The summed E-state index contributed by atoms with van der Waals surface area (Å²) >= 11 is 6.46. The summed E-state index contributed by atoms with van der Waals surface area (Å²) in [6.07, 6.45) is 3.25. The van der Waals surface area contributed by atoms with Crippen molar-refractivity contribution in [3.05, 3.63) is 76.7 Å². The molecule has 35 heavy (non-hydrogen) atoms. The number of halogens is 2. The number of aromatic nitrogens is 4. The highest BCUT2D eigenvalue weighted by Crippen LogP contribution is 2.34. The second-order valence-corrected chi connectivity index (χ2v) is 9.16. The molecule has 0 radical (unpaired) electrons. The summed E-state index contributed by atoms with van der Waals surface area (Å²) < 4.78 is 14.9. The second-order valence-electron chi connectivity index (χ2n) is 8.76. The van der Waals surface area contributed by atoms with Crippen LogP contribution in [0.2, 0.25) is 5.02 Å². The normalized spacial score (nSPS) is 13.6. The van der Waals surface area contributed by atoms with Crippen molar-refractivity contribution >= 4 is 28.3 Å². The highest BCUT2D eigenvalue weighted by molar-refractivity contribution is 6.34. The minimum atomic E-state index is -1.23. The maximum atomic E-state index is 14.9. The molecule has 0 amide bonds. The molecule has 3 heterocycles. The van der Waals surface area contributed by atoms with Crippen LogP contribution in [0.25, 0.3) is 22.3 Å². The number of aliphatic hydroxyl groups is 3. The Morgan fingerprint density at radius 3 is 2.43 bits per heavy atom. The minimum absolute atomic E-state index is 0.0210. The topological polar surface area (TPSA) is 124 Å². The molecule has 8 nitrogen and oxygen atoms in total. The van der Waals surface area contributed by atoms with Crippen LogP contribution >= 0.6 is 11.6 Å². The number of hydrogen-bond acceptors (Lipinski definition) is 8. The molecule has 0 bridgehead atoms. The van der Waals surface area contributed by atoms with E-state index in [2.05, 4.69) is 25.3 Å². The number of aliphatic hydroxyl groups excluding tert-OH is 2. The SMILES string of the molecule is CC(Nc1c(Cl)cnc2cc(F)c(-c3cnc(C(C)(C)O)nc3)nc12)c1cccc(C(O)CO)c1. The Balaban J connectivity index is 1.74. The van der Waals surface area contributed by atoms with E-state index in [1.165, 1.54) is 24.7 Å². The number of nitrogens with zero attached hydrogens (tertiary/aromatic N) is 4. The summed E-state index contributed by atoms with van der Waals surface area (Å²) in [5.74, 6) is -0.395. The van der Waals surface area contributed by atoms with Crippen LogP contribution in [-0.2, 0) is 5.60 Å². The molecule has 0 fully saturated rings. The smallest absolute Gasteiger partial charge is 0.159 e. The van der Waals surface area contributed by atoms with E-state index in [1.54, 1.807) is 32.0 Å². The lowest BCUT2D eigenvalue weighted by atomic mass is 10.0. The van der Waals surface area contributed by atoms with Crippen LogP contribution in [0, 0.1) is 5.82 Å². The van der Waals surface area contributed by atoms with Gasteiger partial charge in [-0.15, -0.1) is 0 Å². The molecule has 10 heteroatoms. The predicted octanol–water partition coefficient (Wildman–Crippen LogP) is 4.31. The van der Waals surface area contributed by atoms with Gasteiger partial charge in [-0.05, 0) is 31.9 Å². The average Bonchev–Trinajstić information content (AvgIpc) is 2.84. The lowest BCUT2D eigenvalue weighted by Crippen LogP contribution is -2.19. The molecule has 182 valence electrons. The first kappa shape index (κ1) is 24.9. The van der Waals surface area contributed by atoms with Crippen LogP contribution in [0.4, 0.5) is 10.1 Å². The van der Waals surface area contributed by atoms with Crippen molar-refractivity contribution in [2.24, 2.45) is 0 Å². The summed E-state index contributed by atoms with van der Waals surface area (Å²) in [6, 6.07) is 8.18. The summed E-state index contributed by atoms with van der Waals surface area (Å²) in [4.78, 5) is 17.0. The van der Waals surface area contributed by atoms with Crippen molar-refractivity contribution in [3.8, 4) is 11.3 Å². The van der Waals surface area contributed by atoms with Gasteiger partial charge in [0.1, 0.15) is 22.9 Å². The molecule has 0 spiro atoms. The Kier molecular flexibility index (Phi) is 6.95. The van der Waals surface area contributed by atoms with Gasteiger partial charge in [-0.2, -0.15) is 0 Å². The van der Waals surface area contributed by atoms with Gasteiger partial charge in [0.15, 0.2) is 11.6 Å². The molecule has 3 aromatic heterocycles. The third kappa shape index (κ3) is 5.23. The molecule has 0 aliphatic rings. The van der Waals surface area contributed by atoms with E-state index >= 15 is 0 Å². The van der Waals surface area contributed by atoms with Crippen molar-refractivity contribution in [3.63, 3.8) is 0 Å². The van der Waals surface area contributed by atoms with Gasteiger partial charge in [0.2, 0.25) is 0 Å². The molecule has 0 aliphatic carbocycles. The molecule has 0 aliphatic heterocycles. The third-order valence-electron chi connectivity index (χ3n) is 5.55. The number of hydrogen-bond donors (Lipinski definition) is 4. The number of nitrogens with one attached hydrogen (secondary N) is 1. The molecule has 0 saturated carbocycles. The van der Waals surface area contributed by atoms with Gasteiger partial charge >= 0.3 is 0 Å². The molecule has 4 N–H and O–H groups in total. The zero-order chi connectivity index (χ0) is 25.3. The third-order valence-corrected chi connectivity index (χ3v) is 5.84. The Morgan fingerprint density at radius 2 is 1.77 bits per heavy atom. The zero-order valence-electron chi connectivity index (χ0n) is 19.4. The first-order valence-electron chi connectivity index (χ1n) is 10.9. The van der Waals surface area contributed by atoms with Crippen molar-refractivity contribution in [1.29, 1.82) is 0 Å². The fourth-order valence-electron chi connectivity index (χ4n) is 3.61. The van der Waals surface area contributed by atoms with E-state index in [9.17, 15) is 19.7 Å². The summed E-state index contributed by atoms with van der Waals surface area (Å²) in [6.45, 7) is 4.64. The maximum absolute atomic E-state index is 14.9. The Labute approximate surface area is 206 Å². The lowest BCUT2D eigenvalue weighted by molar-refractivity contribution is 0.0687. The number of rotatable bonds is 7. The van der Waals surface area contributed by atoms with Crippen molar-refractivity contribution < 1.29 is 19.7 Å². The quantitative estimate of drug-likeness (QED) is 0.298. The largest absolute Gasteiger partial charge is 0.393 e. The van der Waals surface area contributed by atoms with E-state index in [4.69, 9.17) is 11.6 Å². The van der Waals surface area contributed by atoms with Crippen LogP contribution in [0.3, 0.4) is 0 Å². The Hall–Kier alpha value is -3.24. The van der Waals surface area contributed by atoms with E-state index in [1.807, 2.05) is 13.0 Å². The minimum Gasteiger partial charge on any atom is -0.393 e. The van der Waals surface area contributed by atoms with Crippen molar-refractivity contribution in [1.82, 2.24) is 19.9 Å². The van der Waals surface area contributed by atoms with Gasteiger partial charge in [0.05, 0.1) is 22.8 Å². The van der Waals surface area contributed by atoms with E-state index in [0.29, 0.717) is 32.9 Å². The standard InChI is InChI=1S/C25H25ClFN5O3/c1-13(14-5-4-6-15(7-14)20(34)12-33)31-22-17(26)11-28-19-8-18(27)21(32-23(19)22)16-9-29-24(30-10-16)25(2,3)35/h4-11,13,20,33-35H,12H2,1-3H3,(H,28,31). The fourth-order valence-corrected chi connectivity index (χ4v) is 3.81. The van der Waals surface area contributed by atoms with Gasteiger partial charge < -0.3 is 20.6 Å². The number of fused-ring (bicyclic) bond motifs is 1. The zero-order valence-corrected chi connectivity index (χ0v) is 20.1. The molecule has 4 rings (SSSR count). The van der Waals surface area contributed by atoms with Crippen LogP contribution in [0.5, 0.6) is 0 Å². The molecule has 0 saturated heterocycles. The molecular weight excluding hydrogens is 473 g/mol. The Morgan fingerprint density at radius 1 is 1.09 bits per heavy atom. The van der Waals surface area contributed by atoms with Crippen molar-refractivity contribution in [2.75, 3.05) is 11.9 Å². The molecule has 1 aromatic carbocycles. The van der Waals surface area contributed by atoms with E-state index < -0.39 is 17.5 Å². The molecular formula is C25H25ClFN5O3. The average molecular weight is 498 g/mol. The van der Waals surface area contributed by atoms with Gasteiger partial charge in [-0.25, -0.2) is 19.3 Å². The fraction of sp³-hybridized carbons (Fsp3) is 0.280. The maximum Gasteiger partial charge on any atom is 0.159 e. The van der Waals surface area contributed by atoms with Crippen LogP contribution < -0.4 is 5.32 Å². The van der Waals surface area contributed by atoms with Gasteiger partial charge in [0, 0.05) is 36.3 Å². The highest BCUT2D eigenvalue weighted by atomic mass is 35.5. The van der Waals surface area contributed by atoms with Gasteiger partial charge in [-0.3, -0.25) is 4.98 Å². The monoisotopic (exact) mass is 497 g/mol. The van der Waals surface area contributed by atoms with Crippen LogP contribution in [0.1, 0.15) is 49.9 Å². The molecule has 2 atom stereocenters. The molecule has 4 aromatic rings. The summed E-state index contributed by atoms with van der Waals surface area (Å²) in [5, 5.41) is 32.9. The predicted molar refractivity (Wildman–Crippen MR) is 131 cm³/mol. The van der Waals surface area contributed by atoms with E-state index in [-0.39, 0.29) is 24.2 Å². The summed E-state index contributed by atoms with van der Waals surface area (Å²) in [7, 11) is 0. The molecule has 2 unspecified atom stereocenters. The first-order valence-corrected chi connectivity index (χ1v) is 11.3. The second kappa shape index (κ2) is 9.79. The van der Waals surface area contributed by atoms with Crippen LogP contribution in [0.15, 0.2) is 48.9 Å². The number of pyridine rings is 2. The van der Waals surface area contributed by atoms with Crippen molar-refractivity contribution in [2.45, 2.75) is 38.5 Å². The van der Waals surface area contributed by atoms with Gasteiger partial charge in [0.25, 0.3) is 0 Å². The highest BCUT2D eigenvalue weighted by Gasteiger charge is 2.21. The first-order chi connectivity index (χ1) is 16.6. The lowest BCUT2D eigenvalue weighted by Gasteiger charge is -2.20. The van der Waals surface area contributed by atoms with Gasteiger partial charge in [-0.1, -0.05) is 35.9 Å². The number of anilines is 1. The number of benzene rings is 1. The Bertz CT molecular complexity index is 1360. The summed E-state index contributed by atoms with van der Waals surface area (Å²) in [5.41, 5.74) is 1.68. The van der Waals surface area contributed by atoms with Crippen LogP contribution in [-0.4, -0.2) is 41.9 Å². The van der Waals surface area contributed by atoms with E-state index in [0.717, 1.165) is 5.56 Å².